The van der Waals surface area contributed by atoms with E-state index in [1.807, 2.05) is 17.9 Å². The zero-order chi connectivity index (χ0) is 16.4. The van der Waals surface area contributed by atoms with Crippen LogP contribution in [0.2, 0.25) is 0 Å². The van der Waals surface area contributed by atoms with E-state index < -0.39 is 0 Å². The van der Waals surface area contributed by atoms with Gasteiger partial charge in [-0.15, -0.1) is 0 Å². The maximum Gasteiger partial charge on any atom is 0.223 e. The topological polar surface area (TPSA) is 42.4 Å². The average molecular weight is 316 g/mol. The normalized spacial score (nSPS) is 18.1. The second-order valence-corrected chi connectivity index (χ2v) is 6.20. The molecule has 0 spiro atoms. The van der Waals surface area contributed by atoms with Crippen molar-refractivity contribution in [2.45, 2.75) is 19.8 Å². The molecule has 23 heavy (non-hydrogen) atoms. The van der Waals surface area contributed by atoms with Crippen LogP contribution in [0.1, 0.15) is 17.7 Å². The number of likely N-dealkylation sites (tertiary alicyclic amines) is 1. The molecule has 0 aliphatic carbocycles. The van der Waals surface area contributed by atoms with Gasteiger partial charge < -0.3 is 9.64 Å². The first kappa shape index (κ1) is 15.9. The summed E-state index contributed by atoms with van der Waals surface area (Å²) in [7, 11) is 1.64. The number of aryl methyl sites for hydroxylation is 1. The van der Waals surface area contributed by atoms with Crippen LogP contribution < -0.4 is 0 Å². The lowest BCUT2D eigenvalue weighted by Crippen LogP contribution is -2.29. The molecule has 0 unspecified atom stereocenters. The number of rotatable bonds is 5. The van der Waals surface area contributed by atoms with Crippen LogP contribution in [0.15, 0.2) is 24.3 Å². The lowest BCUT2D eigenvalue weighted by Gasteiger charge is -2.16. The molecule has 1 aromatic heterocycles. The predicted octanol–water partition coefficient (Wildman–Crippen LogP) is 2.72. The lowest BCUT2D eigenvalue weighted by atomic mass is 10.00. The van der Waals surface area contributed by atoms with Crippen LogP contribution in [-0.4, -0.2) is 42.6 Å². The summed E-state index contributed by atoms with van der Waals surface area (Å²) in [4.78, 5) is 18.5. The minimum absolute atomic E-state index is 0.187. The number of amides is 1. The number of carbonyl (C=O) groups excluding carboxylic acids is 1. The number of carbonyl (C=O) groups is 1. The molecular formula is C18H21FN2O2. The summed E-state index contributed by atoms with van der Waals surface area (Å²) in [5.74, 6) is 0.223. The molecule has 1 atom stereocenters. The van der Waals surface area contributed by atoms with Gasteiger partial charge in [0.15, 0.2) is 0 Å². The van der Waals surface area contributed by atoms with Crippen molar-refractivity contribution in [2.75, 3.05) is 26.8 Å². The van der Waals surface area contributed by atoms with Gasteiger partial charge in [-0.25, -0.2) is 4.39 Å². The first-order valence-corrected chi connectivity index (χ1v) is 7.89. The minimum atomic E-state index is -0.245. The number of ether oxygens (including phenoxy) is 1. The first-order chi connectivity index (χ1) is 11.1. The van der Waals surface area contributed by atoms with E-state index in [9.17, 15) is 9.18 Å². The molecule has 0 N–H and O–H groups in total. The molecule has 1 amide bonds. The quantitative estimate of drug-likeness (QED) is 0.852. The Hall–Kier alpha value is -2.01. The summed E-state index contributed by atoms with van der Waals surface area (Å²) in [5.41, 5.74) is 2.79. The molecule has 2 aromatic rings. The molecule has 3 rings (SSSR count). The third kappa shape index (κ3) is 3.50. The Labute approximate surface area is 135 Å². The van der Waals surface area contributed by atoms with Gasteiger partial charge in [-0.3, -0.25) is 9.78 Å². The van der Waals surface area contributed by atoms with Crippen LogP contribution in [0.3, 0.4) is 0 Å². The van der Waals surface area contributed by atoms with Crippen LogP contribution in [0.25, 0.3) is 10.9 Å². The largest absolute Gasteiger partial charge is 0.383 e. The van der Waals surface area contributed by atoms with E-state index in [4.69, 9.17) is 4.74 Å². The Kier molecular flexibility index (Phi) is 4.57. The van der Waals surface area contributed by atoms with E-state index in [0.717, 1.165) is 35.1 Å². The van der Waals surface area contributed by atoms with Crippen molar-refractivity contribution in [3.05, 3.63) is 41.3 Å². The van der Waals surface area contributed by atoms with Gasteiger partial charge in [0.05, 0.1) is 12.1 Å². The number of methoxy groups -OCH3 is 1. The van der Waals surface area contributed by atoms with Crippen LogP contribution in [0.4, 0.5) is 4.39 Å². The molecule has 1 aromatic carbocycles. The van der Waals surface area contributed by atoms with E-state index in [1.54, 1.807) is 13.2 Å². The van der Waals surface area contributed by atoms with Gasteiger partial charge in [0.2, 0.25) is 5.91 Å². The van der Waals surface area contributed by atoms with Gasteiger partial charge in [0, 0.05) is 37.7 Å². The highest BCUT2D eigenvalue weighted by Crippen LogP contribution is 2.24. The molecule has 0 bridgehead atoms. The zero-order valence-corrected chi connectivity index (χ0v) is 13.5. The Bertz CT molecular complexity index is 732. The monoisotopic (exact) mass is 316 g/mol. The van der Waals surface area contributed by atoms with Crippen molar-refractivity contribution in [3.63, 3.8) is 0 Å². The van der Waals surface area contributed by atoms with E-state index in [-0.39, 0.29) is 17.6 Å². The summed E-state index contributed by atoms with van der Waals surface area (Å²) in [6.45, 7) is 3.94. The van der Waals surface area contributed by atoms with Gasteiger partial charge in [-0.2, -0.15) is 0 Å². The van der Waals surface area contributed by atoms with Gasteiger partial charge in [0.25, 0.3) is 0 Å². The standard InChI is InChI=1S/C18H21FN2O2/c1-12-7-15(20-17-4-3-14(19)10-16(12)17)8-13-9-18(22)21(11-13)5-6-23-2/h3-4,7,10,13H,5-6,8-9,11H2,1-2H3/t13-/m0/s1. The molecule has 0 radical (unpaired) electrons. The van der Waals surface area contributed by atoms with E-state index >= 15 is 0 Å². The molecule has 2 heterocycles. The van der Waals surface area contributed by atoms with Gasteiger partial charge in [0.1, 0.15) is 5.82 Å². The van der Waals surface area contributed by atoms with Crippen LogP contribution in [-0.2, 0) is 16.0 Å². The zero-order valence-electron chi connectivity index (χ0n) is 13.5. The second-order valence-electron chi connectivity index (χ2n) is 6.20. The SMILES string of the molecule is COCCN1C[C@@H](Cc2cc(C)c3cc(F)ccc3n2)CC1=O. The summed E-state index contributed by atoms with van der Waals surface area (Å²) >= 11 is 0. The summed E-state index contributed by atoms with van der Waals surface area (Å²) in [6.07, 6.45) is 1.33. The van der Waals surface area contributed by atoms with Crippen molar-refractivity contribution >= 4 is 16.8 Å². The highest BCUT2D eigenvalue weighted by atomic mass is 19.1. The number of pyridine rings is 1. The van der Waals surface area contributed by atoms with Crippen molar-refractivity contribution in [2.24, 2.45) is 5.92 Å². The maximum absolute atomic E-state index is 13.4. The number of fused-ring (bicyclic) bond motifs is 1. The summed E-state index contributed by atoms with van der Waals surface area (Å²) in [6, 6.07) is 6.67. The number of hydrogen-bond donors (Lipinski definition) is 0. The molecule has 1 fully saturated rings. The van der Waals surface area contributed by atoms with Crippen LogP contribution >= 0.6 is 0 Å². The van der Waals surface area contributed by atoms with E-state index in [1.165, 1.54) is 12.1 Å². The number of hydrogen-bond acceptors (Lipinski definition) is 3. The molecule has 5 heteroatoms. The van der Waals surface area contributed by atoms with E-state index in [0.29, 0.717) is 19.6 Å². The van der Waals surface area contributed by atoms with E-state index in [2.05, 4.69) is 4.98 Å². The molecule has 0 saturated carbocycles. The molecule has 1 aliphatic heterocycles. The highest BCUT2D eigenvalue weighted by Gasteiger charge is 2.29. The first-order valence-electron chi connectivity index (χ1n) is 7.89. The van der Waals surface area contributed by atoms with Gasteiger partial charge in [-0.05, 0) is 49.1 Å². The second kappa shape index (κ2) is 6.62. The van der Waals surface area contributed by atoms with Crippen LogP contribution in [0, 0.1) is 18.7 Å². The minimum Gasteiger partial charge on any atom is -0.383 e. The predicted molar refractivity (Wildman–Crippen MR) is 86.7 cm³/mol. The average Bonchev–Trinajstić information content (AvgIpc) is 2.85. The fourth-order valence-electron chi connectivity index (χ4n) is 3.24. The van der Waals surface area contributed by atoms with Crippen molar-refractivity contribution in [1.29, 1.82) is 0 Å². The molecule has 1 aliphatic rings. The highest BCUT2D eigenvalue weighted by molar-refractivity contribution is 5.82. The van der Waals surface area contributed by atoms with Crippen LogP contribution in [0.5, 0.6) is 0 Å². The molecule has 1 saturated heterocycles. The number of aromatic nitrogens is 1. The molecular weight excluding hydrogens is 295 g/mol. The lowest BCUT2D eigenvalue weighted by molar-refractivity contribution is -0.128. The van der Waals surface area contributed by atoms with Crippen molar-refractivity contribution < 1.29 is 13.9 Å². The Morgan fingerprint density at radius 1 is 1.39 bits per heavy atom. The number of halogens is 1. The fourth-order valence-corrected chi connectivity index (χ4v) is 3.24. The smallest absolute Gasteiger partial charge is 0.223 e. The molecule has 4 nitrogen and oxygen atoms in total. The third-order valence-electron chi connectivity index (χ3n) is 4.39. The summed E-state index contributed by atoms with van der Waals surface area (Å²) < 4.78 is 18.4. The Morgan fingerprint density at radius 3 is 3.00 bits per heavy atom. The summed E-state index contributed by atoms with van der Waals surface area (Å²) in [5, 5.41) is 0.845. The number of nitrogens with zero attached hydrogens (tertiary/aromatic N) is 2. The maximum atomic E-state index is 13.4. The Balaban J connectivity index is 1.75. The number of benzene rings is 1. The Morgan fingerprint density at radius 2 is 2.22 bits per heavy atom. The fraction of sp³-hybridized carbons (Fsp3) is 0.444. The molecule has 122 valence electrons. The van der Waals surface area contributed by atoms with Crippen molar-refractivity contribution in [1.82, 2.24) is 9.88 Å². The van der Waals surface area contributed by atoms with Crippen molar-refractivity contribution in [3.8, 4) is 0 Å². The van der Waals surface area contributed by atoms with Gasteiger partial charge >= 0.3 is 0 Å². The van der Waals surface area contributed by atoms with Gasteiger partial charge in [-0.1, -0.05) is 0 Å². The third-order valence-corrected chi connectivity index (χ3v) is 4.39.